The number of unbranched alkanes of at least 4 members (excludes halogenated alkanes) is 33. The minimum atomic E-state index is -4.70. The van der Waals surface area contributed by atoms with Gasteiger partial charge in [-0.3, -0.25) is 14.2 Å². The summed E-state index contributed by atoms with van der Waals surface area (Å²) in [5, 5.41) is 3.02. The monoisotopic (exact) mass is 1040 g/mol. The Morgan fingerprint density at radius 2 is 0.890 bits per heavy atom. The van der Waals surface area contributed by atoms with Gasteiger partial charge in [0.1, 0.15) is 19.3 Å². The van der Waals surface area contributed by atoms with Crippen molar-refractivity contribution >= 4 is 19.7 Å². The third kappa shape index (κ3) is 54.3. The molecule has 0 saturated heterocycles. The highest BCUT2D eigenvalue weighted by Gasteiger charge is 2.27. The predicted octanol–water partition coefficient (Wildman–Crippen LogP) is 18.0. The number of rotatable bonds is 55. The third-order valence-electron chi connectivity index (χ3n) is 13.5. The van der Waals surface area contributed by atoms with Gasteiger partial charge in [0, 0.05) is 12.8 Å². The summed E-state index contributed by atoms with van der Waals surface area (Å²) in [5.74, 6) is -0.552. The van der Waals surface area contributed by atoms with Gasteiger partial charge in [0.05, 0.1) is 33.8 Å². The van der Waals surface area contributed by atoms with Gasteiger partial charge in [0.2, 0.25) is 5.91 Å². The lowest BCUT2D eigenvalue weighted by molar-refractivity contribution is -0.870. The number of allylic oxidation sites excluding steroid dienone is 9. The lowest BCUT2D eigenvalue weighted by atomic mass is 10.0. The van der Waals surface area contributed by atoms with Crippen LogP contribution in [0.15, 0.2) is 60.8 Å². The number of nitrogens with zero attached hydrogens (tertiary/aromatic N) is 1. The van der Waals surface area contributed by atoms with Crippen LogP contribution in [0.25, 0.3) is 0 Å². The molecule has 3 unspecified atom stereocenters. The Kier molecular flexibility index (Phi) is 51.5. The van der Waals surface area contributed by atoms with E-state index < -0.39 is 26.6 Å². The minimum Gasteiger partial charge on any atom is -0.756 e. The lowest BCUT2D eigenvalue weighted by Gasteiger charge is -2.30. The van der Waals surface area contributed by atoms with E-state index in [1.54, 1.807) is 0 Å². The molecule has 3 atom stereocenters. The van der Waals surface area contributed by atoms with Gasteiger partial charge in [-0.25, -0.2) is 0 Å². The molecule has 0 aromatic rings. The van der Waals surface area contributed by atoms with Gasteiger partial charge in [0.15, 0.2) is 0 Å². The van der Waals surface area contributed by atoms with Gasteiger partial charge in [-0.15, -0.1) is 0 Å². The SMILES string of the molecule is CC/C=C/C=C/C=C/CCCCCCCCCC(=O)OC(/C=C\CCCCCCCCCCC)C(COP(=O)([O-])OCC[N+](C)(C)C)NC(=O)CCCCCCCCCCCCC/C=C/CCCCCCCC. The summed E-state index contributed by atoms with van der Waals surface area (Å²) in [7, 11) is 1.18. The molecule has 0 radical (unpaired) electrons. The lowest BCUT2D eigenvalue weighted by Crippen LogP contribution is -2.47. The molecule has 0 aliphatic carbocycles. The quantitative estimate of drug-likeness (QED) is 0.0161. The molecule has 1 N–H and O–H groups in total. The summed E-state index contributed by atoms with van der Waals surface area (Å²) in [5.41, 5.74) is 0. The fraction of sp³-hybridized carbons (Fsp3) is 0.810. The number of quaternary nitrogens is 1. The van der Waals surface area contributed by atoms with Crippen LogP contribution in [0.2, 0.25) is 0 Å². The fourth-order valence-corrected chi connectivity index (χ4v) is 9.48. The van der Waals surface area contributed by atoms with Crippen molar-refractivity contribution in [3.8, 4) is 0 Å². The minimum absolute atomic E-state index is 0.0254. The average Bonchev–Trinajstić information content (AvgIpc) is 3.35. The summed E-state index contributed by atoms with van der Waals surface area (Å²) in [6, 6.07) is -0.893. The number of ether oxygens (including phenoxy) is 1. The van der Waals surface area contributed by atoms with E-state index in [-0.39, 0.29) is 24.9 Å². The van der Waals surface area contributed by atoms with Crippen molar-refractivity contribution < 1.29 is 37.3 Å². The van der Waals surface area contributed by atoms with Crippen LogP contribution in [-0.4, -0.2) is 69.4 Å². The maximum absolute atomic E-state index is 13.5. The van der Waals surface area contributed by atoms with E-state index in [2.05, 4.69) is 74.7 Å². The first-order valence-corrected chi connectivity index (χ1v) is 32.1. The highest BCUT2D eigenvalue weighted by Crippen LogP contribution is 2.38. The Bertz CT molecular complexity index is 1440. The molecule has 0 aromatic heterocycles. The molecule has 0 heterocycles. The molecule has 0 spiro atoms. The molecule has 0 aliphatic rings. The Hall–Kier alpha value is -2.29. The largest absolute Gasteiger partial charge is 0.756 e. The first-order chi connectivity index (χ1) is 35.4. The van der Waals surface area contributed by atoms with Gasteiger partial charge < -0.3 is 28.5 Å². The molecule has 1 amide bonds. The number of carbonyl (C=O) groups is 2. The molecule has 0 bridgehead atoms. The van der Waals surface area contributed by atoms with Crippen LogP contribution >= 0.6 is 7.82 Å². The maximum atomic E-state index is 13.5. The van der Waals surface area contributed by atoms with Crippen LogP contribution in [0.1, 0.15) is 278 Å². The number of phosphoric ester groups is 1. The fourth-order valence-electron chi connectivity index (χ4n) is 8.75. The maximum Gasteiger partial charge on any atom is 0.306 e. The molecule has 10 heteroatoms. The van der Waals surface area contributed by atoms with Gasteiger partial charge in [0.25, 0.3) is 7.82 Å². The second kappa shape index (κ2) is 53.1. The number of hydrogen-bond acceptors (Lipinski definition) is 7. The zero-order chi connectivity index (χ0) is 53.6. The third-order valence-corrected chi connectivity index (χ3v) is 14.5. The van der Waals surface area contributed by atoms with Crippen molar-refractivity contribution in [2.75, 3.05) is 40.9 Å². The average molecular weight is 1050 g/mol. The second-order valence-corrected chi connectivity index (χ2v) is 23.3. The molecule has 0 rings (SSSR count). The molecular formula is C63H117N2O7P. The molecule has 0 saturated carbocycles. The van der Waals surface area contributed by atoms with E-state index in [9.17, 15) is 19.0 Å². The first kappa shape index (κ1) is 70.7. The molecule has 0 fully saturated rings. The topological polar surface area (TPSA) is 114 Å². The summed E-state index contributed by atoms with van der Waals surface area (Å²) < 4.78 is 30.3. The summed E-state index contributed by atoms with van der Waals surface area (Å²) >= 11 is 0. The van der Waals surface area contributed by atoms with Crippen molar-refractivity contribution in [2.45, 2.75) is 290 Å². The van der Waals surface area contributed by atoms with Gasteiger partial charge in [-0.2, -0.15) is 0 Å². The van der Waals surface area contributed by atoms with Crippen molar-refractivity contribution in [1.29, 1.82) is 0 Å². The van der Waals surface area contributed by atoms with Crippen LogP contribution in [0.5, 0.6) is 0 Å². The molecule has 73 heavy (non-hydrogen) atoms. The van der Waals surface area contributed by atoms with Crippen LogP contribution in [-0.2, 0) is 27.9 Å². The van der Waals surface area contributed by atoms with Crippen molar-refractivity contribution in [3.05, 3.63) is 60.8 Å². The Labute approximate surface area is 451 Å². The Morgan fingerprint density at radius 3 is 1.34 bits per heavy atom. The van der Waals surface area contributed by atoms with Crippen LogP contribution in [0.4, 0.5) is 0 Å². The van der Waals surface area contributed by atoms with Crippen molar-refractivity contribution in [2.24, 2.45) is 0 Å². The van der Waals surface area contributed by atoms with Crippen LogP contribution < -0.4 is 10.2 Å². The second-order valence-electron chi connectivity index (χ2n) is 21.9. The van der Waals surface area contributed by atoms with Crippen molar-refractivity contribution in [3.63, 3.8) is 0 Å². The predicted molar refractivity (Wildman–Crippen MR) is 312 cm³/mol. The molecule has 0 aromatic carbocycles. The molecule has 426 valence electrons. The zero-order valence-corrected chi connectivity index (χ0v) is 49.5. The number of likely N-dealkylation sites (N-methyl/N-ethyl adjacent to an activating group) is 1. The number of phosphoric acid groups is 1. The molecule has 9 nitrogen and oxygen atoms in total. The smallest absolute Gasteiger partial charge is 0.306 e. The van der Waals surface area contributed by atoms with E-state index in [4.69, 9.17) is 13.8 Å². The number of esters is 1. The van der Waals surface area contributed by atoms with E-state index in [0.29, 0.717) is 17.4 Å². The highest BCUT2D eigenvalue weighted by atomic mass is 31.2. The van der Waals surface area contributed by atoms with E-state index >= 15 is 0 Å². The summed E-state index contributed by atoms with van der Waals surface area (Å²) in [6.45, 7) is 6.71. The number of amides is 1. The van der Waals surface area contributed by atoms with Gasteiger partial charge >= 0.3 is 5.97 Å². The summed E-state index contributed by atoms with van der Waals surface area (Å²) in [4.78, 5) is 39.9. The molecule has 0 aliphatic heterocycles. The zero-order valence-electron chi connectivity index (χ0n) is 48.6. The number of carbonyl (C=O) groups excluding carboxylic acids is 2. The van der Waals surface area contributed by atoms with E-state index in [1.165, 1.54) is 167 Å². The molecular weight excluding hydrogens is 928 g/mol. The van der Waals surface area contributed by atoms with E-state index in [0.717, 1.165) is 77.0 Å². The standard InChI is InChI=1S/C63H117N2O7P/c1-7-10-13-16-19-22-25-27-29-30-31-32-33-34-36-37-40-43-46-49-52-55-62(66)64-60(59-71-73(68,69)70-58-57-65(4,5)6)61(54-51-48-45-42-39-24-21-18-15-12-9-3)72-63(67)56-53-50-47-44-41-38-35-28-26-23-20-17-14-11-8-2/h11,14,17,20,23,26-27,29,51,54,60-61H,7-10,12-13,15-16,18-19,21-22,24-25,28,30-50,52-53,55-59H2,1-6H3,(H-,64,66,68,69)/b14-11+,20-17+,26-23+,29-27+,54-51-. The van der Waals surface area contributed by atoms with Crippen LogP contribution in [0, 0.1) is 0 Å². The van der Waals surface area contributed by atoms with Gasteiger partial charge in [-0.1, -0.05) is 249 Å². The Morgan fingerprint density at radius 1 is 0.493 bits per heavy atom. The van der Waals surface area contributed by atoms with Gasteiger partial charge in [-0.05, 0) is 76.7 Å². The highest BCUT2D eigenvalue weighted by molar-refractivity contribution is 7.45. The van der Waals surface area contributed by atoms with Crippen molar-refractivity contribution in [1.82, 2.24) is 5.32 Å². The van der Waals surface area contributed by atoms with Crippen LogP contribution in [0.3, 0.4) is 0 Å². The normalized spacial score (nSPS) is 14.1. The van der Waals surface area contributed by atoms with E-state index in [1.807, 2.05) is 33.3 Å². The number of hydrogen-bond donors (Lipinski definition) is 1. The first-order valence-electron chi connectivity index (χ1n) is 30.6. The number of nitrogens with one attached hydrogen (secondary N) is 1. The summed E-state index contributed by atoms with van der Waals surface area (Å²) in [6.07, 6.45) is 66.2. The Balaban J connectivity index is 5.19.